The predicted molar refractivity (Wildman–Crippen MR) is 126 cm³/mol. The number of rotatable bonds is 7. The fraction of sp³-hybridized carbons (Fsp3) is 0.200. The Morgan fingerprint density at radius 3 is 2.81 bits per heavy atom. The van der Waals surface area contributed by atoms with Gasteiger partial charge in [0.25, 0.3) is 5.91 Å². The van der Waals surface area contributed by atoms with Crippen molar-refractivity contribution in [1.29, 1.82) is 0 Å². The van der Waals surface area contributed by atoms with Crippen LogP contribution < -0.4 is 5.43 Å². The topological polar surface area (TPSA) is 81.4 Å². The summed E-state index contributed by atoms with van der Waals surface area (Å²) < 4.78 is 7.35. The molecule has 7 nitrogen and oxygen atoms in total. The second kappa shape index (κ2) is 9.53. The van der Waals surface area contributed by atoms with E-state index in [2.05, 4.69) is 20.1 Å². The molecule has 4 aromatic rings. The number of benzene rings is 1. The zero-order valence-corrected chi connectivity index (χ0v) is 18.4. The van der Waals surface area contributed by atoms with Crippen LogP contribution in [0.1, 0.15) is 27.3 Å². The minimum absolute atomic E-state index is 0.293. The Hall–Kier alpha value is -3.84. The average Bonchev–Trinajstić information content (AvgIpc) is 3.09. The maximum atomic E-state index is 13.0. The lowest BCUT2D eigenvalue weighted by molar-refractivity contribution is 0.0956. The largest absolute Gasteiger partial charge is 0.383 e. The van der Waals surface area contributed by atoms with Crippen molar-refractivity contribution in [3.8, 4) is 11.3 Å². The molecule has 7 heteroatoms. The summed E-state index contributed by atoms with van der Waals surface area (Å²) in [6, 6.07) is 15.2. The maximum absolute atomic E-state index is 13.0. The van der Waals surface area contributed by atoms with Crippen LogP contribution in [0.2, 0.25) is 0 Å². The minimum atomic E-state index is -0.293. The molecule has 0 bridgehead atoms. The van der Waals surface area contributed by atoms with Gasteiger partial charge < -0.3 is 9.30 Å². The molecule has 1 amide bonds. The Morgan fingerprint density at radius 1 is 1.19 bits per heavy atom. The van der Waals surface area contributed by atoms with Crippen molar-refractivity contribution in [1.82, 2.24) is 20.0 Å². The van der Waals surface area contributed by atoms with Crippen molar-refractivity contribution in [2.24, 2.45) is 5.10 Å². The number of aryl methyl sites for hydroxylation is 1. The minimum Gasteiger partial charge on any atom is -0.383 e. The smallest absolute Gasteiger partial charge is 0.272 e. The Balaban J connectivity index is 1.61. The number of carbonyl (C=O) groups is 1. The summed E-state index contributed by atoms with van der Waals surface area (Å²) in [7, 11) is 1.69. The van der Waals surface area contributed by atoms with Gasteiger partial charge in [0, 0.05) is 53.9 Å². The van der Waals surface area contributed by atoms with Gasteiger partial charge in [0.1, 0.15) is 0 Å². The summed E-state index contributed by atoms with van der Waals surface area (Å²) in [5, 5.41) is 4.99. The van der Waals surface area contributed by atoms with E-state index in [9.17, 15) is 4.79 Å². The maximum Gasteiger partial charge on any atom is 0.272 e. The highest BCUT2D eigenvalue weighted by Gasteiger charge is 2.14. The third kappa shape index (κ3) is 4.43. The molecular weight excluding hydrogens is 402 g/mol. The summed E-state index contributed by atoms with van der Waals surface area (Å²) in [6.07, 6.45) is 5.12. The van der Waals surface area contributed by atoms with Crippen LogP contribution in [0.25, 0.3) is 22.2 Å². The SMILES string of the molecule is COCCn1c(C)cc(C=NNC(=O)c2cc(-c3cccnc3)nc3ccccc23)c1C. The number of nitrogens with one attached hydrogen (secondary N) is 1. The van der Waals surface area contributed by atoms with Crippen LogP contribution >= 0.6 is 0 Å². The molecule has 0 radical (unpaired) electrons. The number of hydrogen-bond donors (Lipinski definition) is 1. The molecule has 0 unspecified atom stereocenters. The number of amides is 1. The molecule has 0 saturated heterocycles. The molecule has 32 heavy (non-hydrogen) atoms. The normalized spacial score (nSPS) is 11.3. The van der Waals surface area contributed by atoms with Gasteiger partial charge in [0.2, 0.25) is 0 Å². The Morgan fingerprint density at radius 2 is 2.03 bits per heavy atom. The van der Waals surface area contributed by atoms with Gasteiger partial charge in [-0.2, -0.15) is 5.10 Å². The number of ether oxygens (including phenoxy) is 1. The number of fused-ring (bicyclic) bond motifs is 1. The molecule has 0 aliphatic heterocycles. The van der Waals surface area contributed by atoms with E-state index in [1.165, 1.54) is 0 Å². The first-order valence-corrected chi connectivity index (χ1v) is 10.4. The molecule has 3 heterocycles. The van der Waals surface area contributed by atoms with E-state index in [-0.39, 0.29) is 5.91 Å². The number of methoxy groups -OCH3 is 1. The van der Waals surface area contributed by atoms with E-state index in [0.29, 0.717) is 17.9 Å². The first kappa shape index (κ1) is 21.4. The summed E-state index contributed by atoms with van der Waals surface area (Å²) in [4.78, 5) is 21.9. The highest BCUT2D eigenvalue weighted by molar-refractivity contribution is 6.07. The fourth-order valence-corrected chi connectivity index (χ4v) is 3.73. The van der Waals surface area contributed by atoms with E-state index in [4.69, 9.17) is 9.72 Å². The van der Waals surface area contributed by atoms with Crippen LogP contribution in [0, 0.1) is 13.8 Å². The van der Waals surface area contributed by atoms with Crippen molar-refractivity contribution in [3.05, 3.63) is 83.4 Å². The van der Waals surface area contributed by atoms with Crippen LogP contribution in [-0.2, 0) is 11.3 Å². The molecule has 0 atom stereocenters. The van der Waals surface area contributed by atoms with Gasteiger partial charge in [-0.05, 0) is 44.2 Å². The molecule has 1 aromatic carbocycles. The standard InChI is InChI=1S/C25H25N5O2/c1-17-13-20(18(2)30(17)11-12-32-3)16-27-29-25(31)22-14-24(19-7-6-10-26-15-19)28-23-9-5-4-8-21(22)23/h4-10,13-16H,11-12H2,1-3H3,(H,29,31). The van der Waals surface area contributed by atoms with Gasteiger partial charge in [-0.3, -0.25) is 9.78 Å². The van der Waals surface area contributed by atoms with Gasteiger partial charge in [0.05, 0.1) is 29.6 Å². The summed E-state index contributed by atoms with van der Waals surface area (Å²) in [5.41, 5.74) is 8.60. The summed E-state index contributed by atoms with van der Waals surface area (Å²) >= 11 is 0. The number of pyridine rings is 2. The van der Waals surface area contributed by atoms with Crippen LogP contribution in [-0.4, -0.2) is 40.4 Å². The van der Waals surface area contributed by atoms with E-state index < -0.39 is 0 Å². The Kier molecular flexibility index (Phi) is 6.37. The van der Waals surface area contributed by atoms with Crippen molar-refractivity contribution in [2.75, 3.05) is 13.7 Å². The molecule has 0 aliphatic rings. The van der Waals surface area contributed by atoms with Gasteiger partial charge in [-0.25, -0.2) is 10.4 Å². The monoisotopic (exact) mass is 427 g/mol. The van der Waals surface area contributed by atoms with Gasteiger partial charge in [-0.1, -0.05) is 18.2 Å². The Bertz CT molecular complexity index is 1280. The lowest BCUT2D eigenvalue weighted by Gasteiger charge is -2.09. The quantitative estimate of drug-likeness (QED) is 0.355. The Labute approximate surface area is 186 Å². The van der Waals surface area contributed by atoms with Gasteiger partial charge >= 0.3 is 0 Å². The van der Waals surface area contributed by atoms with E-state index in [0.717, 1.165) is 40.0 Å². The molecule has 0 saturated carbocycles. The average molecular weight is 428 g/mol. The molecule has 0 aliphatic carbocycles. The molecule has 0 fully saturated rings. The highest BCUT2D eigenvalue weighted by Crippen LogP contribution is 2.24. The number of para-hydroxylation sites is 1. The van der Waals surface area contributed by atoms with Crippen LogP contribution in [0.4, 0.5) is 0 Å². The highest BCUT2D eigenvalue weighted by atomic mass is 16.5. The number of hydrazone groups is 1. The number of nitrogens with zero attached hydrogens (tertiary/aromatic N) is 4. The first-order chi connectivity index (χ1) is 15.6. The van der Waals surface area contributed by atoms with Crippen molar-refractivity contribution in [3.63, 3.8) is 0 Å². The molecule has 3 aromatic heterocycles. The molecule has 1 N–H and O–H groups in total. The summed E-state index contributed by atoms with van der Waals surface area (Å²) in [5.74, 6) is -0.293. The zero-order chi connectivity index (χ0) is 22.5. The molecule has 0 spiro atoms. The van der Waals surface area contributed by atoms with Crippen LogP contribution in [0.5, 0.6) is 0 Å². The van der Waals surface area contributed by atoms with Crippen LogP contribution in [0.3, 0.4) is 0 Å². The third-order valence-electron chi connectivity index (χ3n) is 5.42. The van der Waals surface area contributed by atoms with Crippen molar-refractivity contribution in [2.45, 2.75) is 20.4 Å². The molecular formula is C25H25N5O2. The lowest BCUT2D eigenvalue weighted by atomic mass is 10.0. The van der Waals surface area contributed by atoms with Gasteiger partial charge in [0.15, 0.2) is 0 Å². The van der Waals surface area contributed by atoms with Crippen molar-refractivity contribution >= 4 is 23.0 Å². The number of hydrogen-bond acceptors (Lipinski definition) is 5. The third-order valence-corrected chi connectivity index (χ3v) is 5.42. The van der Waals surface area contributed by atoms with Crippen LogP contribution in [0.15, 0.2) is 66.0 Å². The second-order valence-electron chi connectivity index (χ2n) is 7.48. The zero-order valence-electron chi connectivity index (χ0n) is 18.4. The van der Waals surface area contributed by atoms with Gasteiger partial charge in [-0.15, -0.1) is 0 Å². The lowest BCUT2D eigenvalue weighted by Crippen LogP contribution is -2.18. The fourth-order valence-electron chi connectivity index (χ4n) is 3.73. The van der Waals surface area contributed by atoms with Crippen molar-refractivity contribution < 1.29 is 9.53 Å². The first-order valence-electron chi connectivity index (χ1n) is 10.4. The summed E-state index contributed by atoms with van der Waals surface area (Å²) in [6.45, 7) is 5.48. The van der Waals surface area contributed by atoms with E-state index in [1.807, 2.05) is 56.3 Å². The molecule has 4 rings (SSSR count). The number of aromatic nitrogens is 3. The predicted octanol–water partition coefficient (Wildman–Crippen LogP) is 4.13. The molecule has 162 valence electrons. The van der Waals surface area contributed by atoms with E-state index in [1.54, 1.807) is 31.8 Å². The number of carbonyl (C=O) groups excluding carboxylic acids is 1. The second-order valence-corrected chi connectivity index (χ2v) is 7.48. The van der Waals surface area contributed by atoms with E-state index >= 15 is 0 Å².